The number of benzene rings is 2. The SMILES string of the molecule is O=[N+]([O-])c1cc(C(Cl)(Cl)c2ccccc2Cl)ccc1Cl. The summed E-state index contributed by atoms with van der Waals surface area (Å²) in [5.74, 6) is 0. The molecule has 2 rings (SSSR count). The van der Waals surface area contributed by atoms with Crippen LogP contribution in [0.3, 0.4) is 0 Å². The van der Waals surface area contributed by atoms with Gasteiger partial charge in [0.15, 0.2) is 4.33 Å². The minimum Gasteiger partial charge on any atom is -0.258 e. The zero-order valence-corrected chi connectivity index (χ0v) is 12.8. The number of halogens is 4. The van der Waals surface area contributed by atoms with Gasteiger partial charge < -0.3 is 0 Å². The normalized spacial score (nSPS) is 11.4. The summed E-state index contributed by atoms with van der Waals surface area (Å²) < 4.78 is -1.51. The third kappa shape index (κ3) is 2.86. The van der Waals surface area contributed by atoms with Gasteiger partial charge in [0.25, 0.3) is 5.69 Å². The molecule has 0 heterocycles. The number of hydrogen-bond donors (Lipinski definition) is 0. The number of hydrogen-bond acceptors (Lipinski definition) is 2. The topological polar surface area (TPSA) is 43.1 Å². The van der Waals surface area contributed by atoms with Crippen molar-refractivity contribution in [2.24, 2.45) is 0 Å². The molecule has 7 heteroatoms. The van der Waals surface area contributed by atoms with E-state index in [2.05, 4.69) is 0 Å². The van der Waals surface area contributed by atoms with Crippen molar-refractivity contribution in [2.45, 2.75) is 4.33 Å². The molecule has 2 aromatic carbocycles. The largest absolute Gasteiger partial charge is 0.288 e. The first-order chi connectivity index (χ1) is 9.34. The van der Waals surface area contributed by atoms with Gasteiger partial charge in [0.1, 0.15) is 5.02 Å². The first-order valence-corrected chi connectivity index (χ1v) is 6.92. The third-order valence-corrected chi connectivity index (χ3v) is 4.21. The Hall–Kier alpha value is -1.00. The van der Waals surface area contributed by atoms with Crippen molar-refractivity contribution in [1.82, 2.24) is 0 Å². The number of nitro benzene ring substituents is 1. The van der Waals surface area contributed by atoms with Gasteiger partial charge in [-0.3, -0.25) is 10.1 Å². The fourth-order valence-corrected chi connectivity index (χ4v) is 2.84. The fourth-order valence-electron chi connectivity index (χ4n) is 1.72. The minimum absolute atomic E-state index is 0.0158. The molecule has 0 amide bonds. The lowest BCUT2D eigenvalue weighted by atomic mass is 10.0. The van der Waals surface area contributed by atoms with Gasteiger partial charge >= 0.3 is 0 Å². The molecular weight excluding hydrogens is 344 g/mol. The Morgan fingerprint density at radius 2 is 1.65 bits per heavy atom. The van der Waals surface area contributed by atoms with E-state index in [-0.39, 0.29) is 10.7 Å². The highest BCUT2D eigenvalue weighted by molar-refractivity contribution is 6.51. The van der Waals surface area contributed by atoms with Crippen molar-refractivity contribution in [3.05, 3.63) is 73.8 Å². The summed E-state index contributed by atoms with van der Waals surface area (Å²) in [4.78, 5) is 10.3. The van der Waals surface area contributed by atoms with Crippen LogP contribution in [0.1, 0.15) is 11.1 Å². The molecule has 0 aliphatic heterocycles. The highest BCUT2D eigenvalue weighted by atomic mass is 35.5. The molecule has 20 heavy (non-hydrogen) atoms. The first-order valence-electron chi connectivity index (χ1n) is 5.41. The lowest BCUT2D eigenvalue weighted by Gasteiger charge is -2.21. The van der Waals surface area contributed by atoms with Crippen molar-refractivity contribution in [3.8, 4) is 0 Å². The molecule has 0 saturated carbocycles. The number of alkyl halides is 2. The van der Waals surface area contributed by atoms with Crippen LogP contribution in [0, 0.1) is 10.1 Å². The molecule has 0 N–H and O–H groups in total. The van der Waals surface area contributed by atoms with E-state index in [1.54, 1.807) is 24.3 Å². The van der Waals surface area contributed by atoms with Crippen LogP contribution >= 0.6 is 46.4 Å². The molecule has 0 unspecified atom stereocenters. The van der Waals surface area contributed by atoms with Crippen LogP contribution in [0.4, 0.5) is 5.69 Å². The second kappa shape index (κ2) is 5.78. The molecule has 0 radical (unpaired) electrons. The molecule has 0 bridgehead atoms. The third-order valence-electron chi connectivity index (χ3n) is 2.72. The summed E-state index contributed by atoms with van der Waals surface area (Å²) in [6.45, 7) is 0. The summed E-state index contributed by atoms with van der Waals surface area (Å²) in [6.07, 6.45) is 0. The zero-order valence-electron chi connectivity index (χ0n) is 9.82. The summed E-state index contributed by atoms with van der Waals surface area (Å²) in [7, 11) is 0. The van der Waals surface area contributed by atoms with Crippen LogP contribution in [0.25, 0.3) is 0 Å². The lowest BCUT2D eigenvalue weighted by molar-refractivity contribution is -0.384. The Morgan fingerprint density at radius 1 is 1.00 bits per heavy atom. The average Bonchev–Trinajstić information content (AvgIpc) is 2.38. The van der Waals surface area contributed by atoms with E-state index >= 15 is 0 Å². The van der Waals surface area contributed by atoms with Crippen molar-refractivity contribution >= 4 is 52.1 Å². The first kappa shape index (κ1) is 15.4. The molecule has 104 valence electrons. The summed E-state index contributed by atoms with van der Waals surface area (Å²) in [5.41, 5.74) is 0.508. The Balaban J connectivity index is 2.58. The second-order valence-corrected chi connectivity index (χ2v) is 6.12. The van der Waals surface area contributed by atoms with Gasteiger partial charge in [-0.1, -0.05) is 70.7 Å². The highest BCUT2D eigenvalue weighted by Gasteiger charge is 2.33. The Morgan fingerprint density at radius 3 is 2.25 bits per heavy atom. The van der Waals surface area contributed by atoms with Crippen molar-refractivity contribution in [2.75, 3.05) is 0 Å². The van der Waals surface area contributed by atoms with E-state index in [0.29, 0.717) is 16.1 Å². The highest BCUT2D eigenvalue weighted by Crippen LogP contribution is 2.45. The van der Waals surface area contributed by atoms with Gasteiger partial charge in [0.2, 0.25) is 0 Å². The van der Waals surface area contributed by atoms with Crippen LogP contribution in [-0.4, -0.2) is 4.92 Å². The quantitative estimate of drug-likeness (QED) is 0.412. The van der Waals surface area contributed by atoms with Crippen molar-refractivity contribution in [1.29, 1.82) is 0 Å². The number of nitrogens with zero attached hydrogens (tertiary/aromatic N) is 1. The fraction of sp³-hybridized carbons (Fsp3) is 0.0769. The van der Waals surface area contributed by atoms with E-state index in [0.717, 1.165) is 0 Å². The maximum atomic E-state index is 10.9. The Kier molecular flexibility index (Phi) is 4.45. The molecule has 0 atom stereocenters. The molecule has 0 spiro atoms. The predicted octanol–water partition coefficient (Wildman–Crippen LogP) is 5.58. The van der Waals surface area contributed by atoms with Crippen LogP contribution in [0.15, 0.2) is 42.5 Å². The maximum Gasteiger partial charge on any atom is 0.288 e. The van der Waals surface area contributed by atoms with Gasteiger partial charge in [-0.25, -0.2) is 0 Å². The lowest BCUT2D eigenvalue weighted by Crippen LogP contribution is -2.13. The Bertz CT molecular complexity index is 673. The molecule has 0 saturated heterocycles. The van der Waals surface area contributed by atoms with Gasteiger partial charge in [-0.2, -0.15) is 0 Å². The molecule has 0 aliphatic carbocycles. The van der Waals surface area contributed by atoms with Gasteiger partial charge in [0.05, 0.1) is 4.92 Å². The standard InChI is InChI=1S/C13H7Cl4NO2/c14-10-4-2-1-3-9(10)13(16,17)8-5-6-11(15)12(7-8)18(19)20/h1-7H. The summed E-state index contributed by atoms with van der Waals surface area (Å²) in [6, 6.07) is 10.9. The van der Waals surface area contributed by atoms with Crippen LogP contribution < -0.4 is 0 Å². The van der Waals surface area contributed by atoms with E-state index < -0.39 is 9.26 Å². The van der Waals surface area contributed by atoms with E-state index in [1.165, 1.54) is 18.2 Å². The minimum atomic E-state index is -1.51. The van der Waals surface area contributed by atoms with Gasteiger partial charge in [-0.15, -0.1) is 0 Å². The summed E-state index contributed by atoms with van der Waals surface area (Å²) in [5, 5.41) is 11.3. The molecule has 0 fully saturated rings. The van der Waals surface area contributed by atoms with Gasteiger partial charge in [-0.05, 0) is 17.7 Å². The van der Waals surface area contributed by atoms with E-state index in [4.69, 9.17) is 46.4 Å². The zero-order chi connectivity index (χ0) is 14.9. The average molecular weight is 351 g/mol. The molecule has 0 aliphatic rings. The van der Waals surface area contributed by atoms with Crippen molar-refractivity contribution in [3.63, 3.8) is 0 Å². The number of nitro groups is 1. The Labute approximate surface area is 135 Å². The predicted molar refractivity (Wildman–Crippen MR) is 82.0 cm³/mol. The number of rotatable bonds is 3. The summed E-state index contributed by atoms with van der Waals surface area (Å²) >= 11 is 24.5. The van der Waals surface area contributed by atoms with Crippen LogP contribution in [0.5, 0.6) is 0 Å². The van der Waals surface area contributed by atoms with E-state index in [1.807, 2.05) is 0 Å². The maximum absolute atomic E-state index is 10.9. The molecule has 3 nitrogen and oxygen atoms in total. The smallest absolute Gasteiger partial charge is 0.258 e. The van der Waals surface area contributed by atoms with E-state index in [9.17, 15) is 10.1 Å². The molecule has 0 aromatic heterocycles. The van der Waals surface area contributed by atoms with Crippen LogP contribution in [0.2, 0.25) is 10.0 Å². The van der Waals surface area contributed by atoms with Crippen molar-refractivity contribution < 1.29 is 4.92 Å². The second-order valence-electron chi connectivity index (χ2n) is 3.98. The van der Waals surface area contributed by atoms with Gasteiger partial charge in [0, 0.05) is 16.7 Å². The molecule has 2 aromatic rings. The van der Waals surface area contributed by atoms with Crippen LogP contribution in [-0.2, 0) is 4.33 Å². The monoisotopic (exact) mass is 349 g/mol. The molecular formula is C13H7Cl4NO2.